The summed E-state index contributed by atoms with van der Waals surface area (Å²) in [5.41, 5.74) is 1.18. The van der Waals surface area contributed by atoms with Crippen molar-refractivity contribution in [3.8, 4) is 0 Å². The van der Waals surface area contributed by atoms with Crippen LogP contribution in [0.2, 0.25) is 0 Å². The molecular formula is C16H21N3O2. The Morgan fingerprint density at radius 3 is 2.90 bits per heavy atom. The first-order valence-electron chi connectivity index (χ1n) is 7.16. The third-order valence-electron chi connectivity index (χ3n) is 4.55. The number of pyridine rings is 1. The number of carbonyl (C=O) groups is 1. The third-order valence-corrected chi connectivity index (χ3v) is 4.55. The fourth-order valence-electron chi connectivity index (χ4n) is 3.36. The van der Waals surface area contributed by atoms with E-state index in [0.717, 1.165) is 11.9 Å². The summed E-state index contributed by atoms with van der Waals surface area (Å²) in [6.45, 7) is 3.33. The van der Waals surface area contributed by atoms with E-state index < -0.39 is 0 Å². The molecule has 5 rings (SSSR count). The molecule has 3 aliphatic rings. The van der Waals surface area contributed by atoms with Crippen molar-refractivity contribution in [2.75, 3.05) is 19.6 Å². The normalized spacial score (nSPS) is 27.3. The Kier molecular flexibility index (Phi) is 3.68. The Hall–Kier alpha value is -1.88. The molecule has 0 unspecified atom stereocenters. The van der Waals surface area contributed by atoms with Gasteiger partial charge in [-0.1, -0.05) is 7.43 Å². The van der Waals surface area contributed by atoms with Crippen LogP contribution in [0, 0.1) is 5.92 Å². The lowest BCUT2D eigenvalue weighted by Crippen LogP contribution is -2.57. The van der Waals surface area contributed by atoms with E-state index >= 15 is 0 Å². The molecule has 1 atom stereocenters. The number of amides is 1. The third kappa shape index (κ3) is 2.53. The summed E-state index contributed by atoms with van der Waals surface area (Å²) >= 11 is 0. The van der Waals surface area contributed by atoms with Crippen molar-refractivity contribution < 1.29 is 9.21 Å². The molecule has 5 heteroatoms. The van der Waals surface area contributed by atoms with Gasteiger partial charge in [0.25, 0.3) is 5.91 Å². The monoisotopic (exact) mass is 287 g/mol. The second-order valence-electron chi connectivity index (χ2n) is 5.75. The minimum atomic E-state index is -0.0770. The van der Waals surface area contributed by atoms with Gasteiger partial charge in [0.15, 0.2) is 5.58 Å². The molecule has 1 N–H and O–H groups in total. The number of furan rings is 1. The summed E-state index contributed by atoms with van der Waals surface area (Å²) in [4.78, 5) is 18.9. The minimum absolute atomic E-state index is 0. The zero-order chi connectivity index (χ0) is 13.5. The summed E-state index contributed by atoms with van der Waals surface area (Å²) in [7, 11) is 0. The number of nitrogens with one attached hydrogen (secondary N) is 1. The van der Waals surface area contributed by atoms with Crippen molar-refractivity contribution in [2.45, 2.75) is 26.3 Å². The number of nitrogens with zero attached hydrogens (tertiary/aromatic N) is 2. The van der Waals surface area contributed by atoms with E-state index in [2.05, 4.69) is 15.2 Å². The molecule has 5 nitrogen and oxygen atoms in total. The van der Waals surface area contributed by atoms with E-state index in [4.69, 9.17) is 4.42 Å². The van der Waals surface area contributed by atoms with Crippen molar-refractivity contribution in [1.29, 1.82) is 0 Å². The Morgan fingerprint density at radius 2 is 2.19 bits per heavy atom. The van der Waals surface area contributed by atoms with E-state index in [1.807, 2.05) is 6.07 Å². The Morgan fingerprint density at radius 1 is 1.38 bits per heavy atom. The Balaban J connectivity index is 0.00000132. The summed E-state index contributed by atoms with van der Waals surface area (Å²) in [6.07, 6.45) is 5.61. The van der Waals surface area contributed by atoms with Gasteiger partial charge in [0.2, 0.25) is 0 Å². The molecule has 3 aliphatic heterocycles. The lowest BCUT2D eigenvalue weighted by molar-refractivity contribution is 0.0618. The number of hydrogen-bond donors (Lipinski definition) is 1. The van der Waals surface area contributed by atoms with Crippen LogP contribution in [0.25, 0.3) is 11.0 Å². The zero-order valence-electron chi connectivity index (χ0n) is 11.2. The lowest BCUT2D eigenvalue weighted by Gasteiger charge is -2.44. The summed E-state index contributed by atoms with van der Waals surface area (Å²) in [5, 5.41) is 4.07. The van der Waals surface area contributed by atoms with E-state index in [1.54, 1.807) is 18.5 Å². The zero-order valence-corrected chi connectivity index (χ0v) is 11.2. The highest BCUT2D eigenvalue weighted by Crippen LogP contribution is 2.27. The van der Waals surface area contributed by atoms with Crippen LogP contribution in [-0.2, 0) is 0 Å². The molecule has 112 valence electrons. The average molecular weight is 287 g/mol. The first kappa shape index (κ1) is 14.1. The Bertz CT molecular complexity index is 644. The molecule has 0 spiro atoms. The van der Waals surface area contributed by atoms with Crippen LogP contribution >= 0.6 is 0 Å². The maximum absolute atomic E-state index is 12.3. The maximum Gasteiger partial charge on any atom is 0.270 e. The summed E-state index contributed by atoms with van der Waals surface area (Å²) in [5.74, 6) is 0.549. The standard InChI is InChI=1S/C15H17N3O2.CH4/c19-15(12-7-11-3-6-20-14(11)8-16-12)17-13-9-18-4-1-10(13)2-5-18;/h3,6-8,10,13H,1-2,4-5,9H2,(H,17,19);1H4/t13-;/m0./s1. The molecule has 0 saturated carbocycles. The molecule has 0 aliphatic carbocycles. The predicted octanol–water partition coefficient (Wildman–Crippen LogP) is 2.29. The fourth-order valence-corrected chi connectivity index (χ4v) is 3.36. The van der Waals surface area contributed by atoms with Gasteiger partial charge in [-0.15, -0.1) is 0 Å². The van der Waals surface area contributed by atoms with Gasteiger partial charge in [0, 0.05) is 18.0 Å². The molecule has 1 amide bonds. The maximum atomic E-state index is 12.3. The number of aromatic nitrogens is 1. The molecular weight excluding hydrogens is 266 g/mol. The summed E-state index contributed by atoms with van der Waals surface area (Å²) in [6, 6.07) is 3.91. The van der Waals surface area contributed by atoms with Crippen molar-refractivity contribution in [3.63, 3.8) is 0 Å². The second kappa shape index (κ2) is 5.48. The predicted molar refractivity (Wildman–Crippen MR) is 81.2 cm³/mol. The largest absolute Gasteiger partial charge is 0.463 e. The first-order chi connectivity index (χ1) is 9.79. The van der Waals surface area contributed by atoms with Crippen LogP contribution in [0.3, 0.4) is 0 Å². The van der Waals surface area contributed by atoms with Crippen molar-refractivity contribution >= 4 is 16.9 Å². The number of piperidine rings is 3. The summed E-state index contributed by atoms with van der Waals surface area (Å²) < 4.78 is 5.24. The lowest BCUT2D eigenvalue weighted by atomic mass is 9.84. The smallest absolute Gasteiger partial charge is 0.270 e. The van der Waals surface area contributed by atoms with Gasteiger partial charge in [-0.05, 0) is 44.0 Å². The van der Waals surface area contributed by atoms with Crippen LogP contribution in [0.4, 0.5) is 0 Å². The van der Waals surface area contributed by atoms with Crippen LogP contribution in [0.15, 0.2) is 29.0 Å². The highest BCUT2D eigenvalue weighted by Gasteiger charge is 2.35. The number of rotatable bonds is 2. The van der Waals surface area contributed by atoms with Crippen molar-refractivity contribution in [3.05, 3.63) is 30.3 Å². The molecule has 2 bridgehead atoms. The topological polar surface area (TPSA) is 58.4 Å². The first-order valence-corrected chi connectivity index (χ1v) is 7.16. The Labute approximate surface area is 124 Å². The molecule has 2 aromatic rings. The van der Waals surface area contributed by atoms with Gasteiger partial charge in [-0.25, -0.2) is 4.98 Å². The highest BCUT2D eigenvalue weighted by molar-refractivity contribution is 5.95. The van der Waals surface area contributed by atoms with Crippen LogP contribution in [0.5, 0.6) is 0 Å². The van der Waals surface area contributed by atoms with E-state index in [9.17, 15) is 4.79 Å². The SMILES string of the molecule is C.O=C(N[C@H]1CN2CCC1CC2)c1cc2ccoc2cn1. The minimum Gasteiger partial charge on any atom is -0.463 e. The number of hydrogen-bond acceptors (Lipinski definition) is 4. The molecule has 3 saturated heterocycles. The molecule has 2 aromatic heterocycles. The van der Waals surface area contributed by atoms with Gasteiger partial charge in [0.1, 0.15) is 5.69 Å². The second-order valence-corrected chi connectivity index (χ2v) is 5.75. The van der Waals surface area contributed by atoms with E-state index in [0.29, 0.717) is 17.2 Å². The van der Waals surface area contributed by atoms with Crippen LogP contribution in [0.1, 0.15) is 30.8 Å². The van der Waals surface area contributed by atoms with Crippen LogP contribution < -0.4 is 5.32 Å². The molecule has 3 fully saturated rings. The molecule has 0 aromatic carbocycles. The van der Waals surface area contributed by atoms with E-state index in [-0.39, 0.29) is 19.4 Å². The van der Waals surface area contributed by atoms with E-state index in [1.165, 1.54) is 25.9 Å². The fraction of sp³-hybridized carbons (Fsp3) is 0.500. The van der Waals surface area contributed by atoms with Gasteiger partial charge >= 0.3 is 0 Å². The van der Waals surface area contributed by atoms with Gasteiger partial charge in [-0.3, -0.25) is 4.79 Å². The quantitative estimate of drug-likeness (QED) is 0.920. The van der Waals surface area contributed by atoms with Gasteiger partial charge < -0.3 is 14.6 Å². The molecule has 21 heavy (non-hydrogen) atoms. The van der Waals surface area contributed by atoms with Crippen molar-refractivity contribution in [2.24, 2.45) is 5.92 Å². The van der Waals surface area contributed by atoms with Crippen molar-refractivity contribution in [1.82, 2.24) is 15.2 Å². The number of carbonyl (C=O) groups excluding carboxylic acids is 1. The average Bonchev–Trinajstić information content (AvgIpc) is 2.96. The molecule has 5 heterocycles. The van der Waals surface area contributed by atoms with Crippen LogP contribution in [-0.4, -0.2) is 41.5 Å². The van der Waals surface area contributed by atoms with Gasteiger partial charge in [0.05, 0.1) is 12.5 Å². The van der Waals surface area contributed by atoms with Gasteiger partial charge in [-0.2, -0.15) is 0 Å². The number of fused-ring (bicyclic) bond motifs is 4. The molecule has 0 radical (unpaired) electrons. The highest BCUT2D eigenvalue weighted by atomic mass is 16.3.